The standard InChI is InChI=1S/C14H19NO3S/c1-9(10(2)14(17)18)13(16)15-7-3-5-11(15)12-6-4-8-19-12/h4,6,8-11H,3,5,7H2,1-2H3,(H,17,18). The molecule has 1 aromatic rings. The van der Waals surface area contributed by atoms with Crippen molar-refractivity contribution in [3.8, 4) is 0 Å². The van der Waals surface area contributed by atoms with Gasteiger partial charge in [0.15, 0.2) is 0 Å². The van der Waals surface area contributed by atoms with E-state index in [1.807, 2.05) is 22.4 Å². The topological polar surface area (TPSA) is 57.6 Å². The average molecular weight is 281 g/mol. The quantitative estimate of drug-likeness (QED) is 0.923. The second-order valence-corrected chi connectivity index (χ2v) is 6.10. The highest BCUT2D eigenvalue weighted by Gasteiger charge is 2.36. The van der Waals surface area contributed by atoms with E-state index in [1.54, 1.807) is 25.2 Å². The molecule has 0 aromatic carbocycles. The van der Waals surface area contributed by atoms with Gasteiger partial charge in [-0.25, -0.2) is 0 Å². The molecular formula is C14H19NO3S. The zero-order chi connectivity index (χ0) is 14.0. The summed E-state index contributed by atoms with van der Waals surface area (Å²) in [6.45, 7) is 4.05. The zero-order valence-corrected chi connectivity index (χ0v) is 12.0. The van der Waals surface area contributed by atoms with Gasteiger partial charge in [-0.1, -0.05) is 19.9 Å². The lowest BCUT2D eigenvalue weighted by atomic mass is 9.94. The Hall–Kier alpha value is -1.36. The fourth-order valence-electron chi connectivity index (χ4n) is 2.50. The Morgan fingerprint density at radius 3 is 2.74 bits per heavy atom. The molecule has 19 heavy (non-hydrogen) atoms. The highest BCUT2D eigenvalue weighted by Crippen LogP contribution is 2.36. The van der Waals surface area contributed by atoms with Crippen molar-refractivity contribution in [3.05, 3.63) is 22.4 Å². The Morgan fingerprint density at radius 1 is 1.42 bits per heavy atom. The number of hydrogen-bond acceptors (Lipinski definition) is 3. The van der Waals surface area contributed by atoms with Crippen molar-refractivity contribution in [2.45, 2.75) is 32.7 Å². The average Bonchev–Trinajstić information content (AvgIpc) is 3.05. The van der Waals surface area contributed by atoms with Crippen LogP contribution in [-0.2, 0) is 9.59 Å². The van der Waals surface area contributed by atoms with Gasteiger partial charge in [0.1, 0.15) is 0 Å². The lowest BCUT2D eigenvalue weighted by Gasteiger charge is -2.28. The van der Waals surface area contributed by atoms with Crippen LogP contribution in [0.15, 0.2) is 17.5 Å². The monoisotopic (exact) mass is 281 g/mol. The van der Waals surface area contributed by atoms with Gasteiger partial charge in [0.2, 0.25) is 5.91 Å². The van der Waals surface area contributed by atoms with Gasteiger partial charge in [-0.15, -0.1) is 11.3 Å². The van der Waals surface area contributed by atoms with E-state index in [1.165, 1.54) is 4.88 Å². The molecule has 0 spiro atoms. The molecule has 5 heteroatoms. The number of amides is 1. The molecule has 1 amide bonds. The Labute approximate surface area is 117 Å². The summed E-state index contributed by atoms with van der Waals surface area (Å²) in [4.78, 5) is 26.5. The molecule has 2 rings (SSSR count). The van der Waals surface area contributed by atoms with Gasteiger partial charge in [0, 0.05) is 17.3 Å². The third kappa shape index (κ3) is 2.81. The van der Waals surface area contributed by atoms with Crippen LogP contribution in [0.2, 0.25) is 0 Å². The van der Waals surface area contributed by atoms with Gasteiger partial charge < -0.3 is 10.0 Å². The lowest BCUT2D eigenvalue weighted by molar-refractivity contribution is -0.149. The van der Waals surface area contributed by atoms with E-state index in [2.05, 4.69) is 0 Å². The lowest BCUT2D eigenvalue weighted by Crippen LogP contribution is -2.38. The maximum Gasteiger partial charge on any atom is 0.307 e. The van der Waals surface area contributed by atoms with E-state index in [0.29, 0.717) is 0 Å². The number of aliphatic carboxylic acids is 1. The van der Waals surface area contributed by atoms with Crippen LogP contribution in [0.25, 0.3) is 0 Å². The summed E-state index contributed by atoms with van der Waals surface area (Å²) in [6, 6.07) is 4.17. The van der Waals surface area contributed by atoms with Gasteiger partial charge in [-0.2, -0.15) is 0 Å². The molecule has 1 aliphatic rings. The second-order valence-electron chi connectivity index (χ2n) is 5.12. The molecule has 0 bridgehead atoms. The fourth-order valence-corrected chi connectivity index (χ4v) is 3.37. The second kappa shape index (κ2) is 5.74. The van der Waals surface area contributed by atoms with Crippen LogP contribution < -0.4 is 0 Å². The van der Waals surface area contributed by atoms with Crippen molar-refractivity contribution in [3.63, 3.8) is 0 Å². The number of rotatable bonds is 4. The van der Waals surface area contributed by atoms with E-state index >= 15 is 0 Å². The van der Waals surface area contributed by atoms with Gasteiger partial charge in [0.25, 0.3) is 0 Å². The van der Waals surface area contributed by atoms with E-state index < -0.39 is 17.8 Å². The fraction of sp³-hybridized carbons (Fsp3) is 0.571. The molecule has 0 saturated carbocycles. The number of thiophene rings is 1. The van der Waals surface area contributed by atoms with Crippen LogP contribution in [0.1, 0.15) is 37.6 Å². The number of likely N-dealkylation sites (tertiary alicyclic amines) is 1. The molecule has 104 valence electrons. The highest BCUT2D eigenvalue weighted by atomic mass is 32.1. The van der Waals surface area contributed by atoms with Crippen LogP contribution in [-0.4, -0.2) is 28.4 Å². The first kappa shape index (κ1) is 14.1. The number of nitrogens with zero attached hydrogens (tertiary/aromatic N) is 1. The number of carboxylic acid groups (broad SMARTS) is 1. The molecule has 1 aromatic heterocycles. The van der Waals surface area contributed by atoms with Crippen molar-refractivity contribution < 1.29 is 14.7 Å². The van der Waals surface area contributed by atoms with Gasteiger partial charge in [-0.05, 0) is 24.3 Å². The summed E-state index contributed by atoms with van der Waals surface area (Å²) >= 11 is 1.66. The van der Waals surface area contributed by atoms with Crippen molar-refractivity contribution in [1.82, 2.24) is 4.90 Å². The highest BCUT2D eigenvalue weighted by molar-refractivity contribution is 7.10. The van der Waals surface area contributed by atoms with Gasteiger partial charge in [0.05, 0.1) is 12.0 Å². The minimum absolute atomic E-state index is 0.0363. The van der Waals surface area contributed by atoms with Crippen LogP contribution in [0, 0.1) is 11.8 Å². The van der Waals surface area contributed by atoms with E-state index in [4.69, 9.17) is 5.11 Å². The van der Waals surface area contributed by atoms with Crippen LogP contribution >= 0.6 is 11.3 Å². The Balaban J connectivity index is 2.12. The maximum absolute atomic E-state index is 12.5. The van der Waals surface area contributed by atoms with Crippen molar-refractivity contribution in [2.24, 2.45) is 11.8 Å². The molecule has 3 atom stereocenters. The first-order valence-electron chi connectivity index (χ1n) is 6.59. The summed E-state index contributed by atoms with van der Waals surface area (Å²) in [5.74, 6) is -2.06. The summed E-state index contributed by atoms with van der Waals surface area (Å²) in [7, 11) is 0. The molecule has 1 saturated heterocycles. The predicted octanol–water partition coefficient (Wildman–Crippen LogP) is 2.77. The zero-order valence-electron chi connectivity index (χ0n) is 11.2. The van der Waals surface area contributed by atoms with E-state index in [-0.39, 0.29) is 11.9 Å². The third-order valence-electron chi connectivity index (χ3n) is 3.94. The third-order valence-corrected chi connectivity index (χ3v) is 4.91. The molecular weight excluding hydrogens is 262 g/mol. The largest absolute Gasteiger partial charge is 0.481 e. The number of carbonyl (C=O) groups is 2. The Bertz CT molecular complexity index is 457. The number of carbonyl (C=O) groups excluding carboxylic acids is 1. The van der Waals surface area contributed by atoms with E-state index in [0.717, 1.165) is 19.4 Å². The molecule has 0 radical (unpaired) electrons. The first-order valence-corrected chi connectivity index (χ1v) is 7.47. The summed E-state index contributed by atoms with van der Waals surface area (Å²) in [5.41, 5.74) is 0. The summed E-state index contributed by atoms with van der Waals surface area (Å²) in [6.07, 6.45) is 1.96. The normalized spacial score (nSPS) is 22.2. The molecule has 1 N–H and O–H groups in total. The SMILES string of the molecule is CC(C(=O)O)C(C)C(=O)N1CCCC1c1cccs1. The minimum Gasteiger partial charge on any atom is -0.481 e. The van der Waals surface area contributed by atoms with E-state index in [9.17, 15) is 9.59 Å². The van der Waals surface area contributed by atoms with Crippen LogP contribution in [0.4, 0.5) is 0 Å². The molecule has 1 fully saturated rings. The van der Waals surface area contributed by atoms with Crippen molar-refractivity contribution in [1.29, 1.82) is 0 Å². The Kier molecular flexibility index (Phi) is 4.24. The van der Waals surface area contributed by atoms with Gasteiger partial charge in [-0.3, -0.25) is 9.59 Å². The molecule has 3 unspecified atom stereocenters. The first-order chi connectivity index (χ1) is 9.02. The van der Waals surface area contributed by atoms with Crippen LogP contribution in [0.5, 0.6) is 0 Å². The molecule has 2 heterocycles. The van der Waals surface area contributed by atoms with Crippen molar-refractivity contribution in [2.75, 3.05) is 6.54 Å². The van der Waals surface area contributed by atoms with Gasteiger partial charge >= 0.3 is 5.97 Å². The number of hydrogen-bond donors (Lipinski definition) is 1. The smallest absolute Gasteiger partial charge is 0.307 e. The Morgan fingerprint density at radius 2 is 2.16 bits per heavy atom. The van der Waals surface area contributed by atoms with Crippen LogP contribution in [0.3, 0.4) is 0 Å². The van der Waals surface area contributed by atoms with Crippen molar-refractivity contribution >= 4 is 23.2 Å². The molecule has 0 aliphatic carbocycles. The molecule has 4 nitrogen and oxygen atoms in total. The molecule has 1 aliphatic heterocycles. The maximum atomic E-state index is 12.5. The summed E-state index contributed by atoms with van der Waals surface area (Å²) < 4.78 is 0. The predicted molar refractivity (Wildman–Crippen MR) is 74.0 cm³/mol. The summed E-state index contributed by atoms with van der Waals surface area (Å²) in [5, 5.41) is 11.0. The number of carboxylic acids is 1. The minimum atomic E-state index is -0.910.